The van der Waals surface area contributed by atoms with Gasteiger partial charge in [0, 0.05) is 24.8 Å². The van der Waals surface area contributed by atoms with Gasteiger partial charge in [0.25, 0.3) is 5.91 Å². The van der Waals surface area contributed by atoms with Crippen LogP contribution in [0, 0.1) is 0 Å². The van der Waals surface area contributed by atoms with Crippen molar-refractivity contribution in [2.45, 2.75) is 25.7 Å². The van der Waals surface area contributed by atoms with Gasteiger partial charge in [-0.25, -0.2) is 9.97 Å². The SMILES string of the molecule is O=C(Nc1ccc(Oc2ccccc2)cc1)c1cc(N2CCCCCC2)ncn1. The zero-order valence-corrected chi connectivity index (χ0v) is 16.3. The molecule has 1 amide bonds. The third-order valence-corrected chi connectivity index (χ3v) is 4.91. The Hall–Kier alpha value is -3.41. The Labute approximate surface area is 170 Å². The van der Waals surface area contributed by atoms with Crippen molar-refractivity contribution in [1.29, 1.82) is 0 Å². The van der Waals surface area contributed by atoms with E-state index in [1.807, 2.05) is 54.6 Å². The average Bonchev–Trinajstić information content (AvgIpc) is 3.06. The van der Waals surface area contributed by atoms with Crippen molar-refractivity contribution in [1.82, 2.24) is 9.97 Å². The first kappa shape index (κ1) is 18.9. The number of carbonyl (C=O) groups excluding carboxylic acids is 1. The third kappa shape index (κ3) is 5.10. The highest BCUT2D eigenvalue weighted by Crippen LogP contribution is 2.23. The molecule has 0 saturated carbocycles. The average molecular weight is 388 g/mol. The maximum absolute atomic E-state index is 12.6. The van der Waals surface area contributed by atoms with Crippen molar-refractivity contribution >= 4 is 17.4 Å². The van der Waals surface area contributed by atoms with Crippen molar-refractivity contribution in [3.8, 4) is 11.5 Å². The van der Waals surface area contributed by atoms with Crippen molar-refractivity contribution in [3.05, 3.63) is 72.7 Å². The highest BCUT2D eigenvalue weighted by Gasteiger charge is 2.15. The Morgan fingerprint density at radius 1 is 0.862 bits per heavy atom. The van der Waals surface area contributed by atoms with Gasteiger partial charge in [-0.05, 0) is 49.2 Å². The van der Waals surface area contributed by atoms with Crippen molar-refractivity contribution in [2.24, 2.45) is 0 Å². The summed E-state index contributed by atoms with van der Waals surface area (Å²) in [6.07, 6.45) is 6.27. The lowest BCUT2D eigenvalue weighted by Gasteiger charge is -2.21. The van der Waals surface area contributed by atoms with E-state index in [1.165, 1.54) is 19.2 Å². The van der Waals surface area contributed by atoms with E-state index < -0.39 is 0 Å². The predicted molar refractivity (Wildman–Crippen MR) is 114 cm³/mol. The quantitative estimate of drug-likeness (QED) is 0.673. The van der Waals surface area contributed by atoms with E-state index in [2.05, 4.69) is 20.2 Å². The molecule has 1 fully saturated rings. The van der Waals surface area contributed by atoms with Gasteiger partial charge in [-0.1, -0.05) is 31.0 Å². The second-order valence-electron chi connectivity index (χ2n) is 7.06. The van der Waals surface area contributed by atoms with Crippen LogP contribution in [-0.4, -0.2) is 29.0 Å². The molecule has 2 heterocycles. The van der Waals surface area contributed by atoms with Gasteiger partial charge < -0.3 is 15.0 Å². The minimum atomic E-state index is -0.250. The molecular formula is C23H24N4O2. The van der Waals surface area contributed by atoms with Gasteiger partial charge in [-0.2, -0.15) is 0 Å². The summed E-state index contributed by atoms with van der Waals surface area (Å²) in [6, 6.07) is 18.6. The highest BCUT2D eigenvalue weighted by atomic mass is 16.5. The van der Waals surface area contributed by atoms with Crippen molar-refractivity contribution in [3.63, 3.8) is 0 Å². The van der Waals surface area contributed by atoms with Crippen molar-refractivity contribution in [2.75, 3.05) is 23.3 Å². The molecule has 6 heteroatoms. The van der Waals surface area contributed by atoms with Crippen LogP contribution in [0.1, 0.15) is 36.2 Å². The van der Waals surface area contributed by atoms with Gasteiger partial charge in [-0.15, -0.1) is 0 Å². The number of nitrogens with zero attached hydrogens (tertiary/aromatic N) is 3. The number of aromatic nitrogens is 2. The van der Waals surface area contributed by atoms with Crippen LogP contribution in [0.4, 0.5) is 11.5 Å². The molecule has 29 heavy (non-hydrogen) atoms. The van der Waals surface area contributed by atoms with Crippen LogP contribution >= 0.6 is 0 Å². The van der Waals surface area contributed by atoms with Gasteiger partial charge in [0.05, 0.1) is 0 Å². The van der Waals surface area contributed by atoms with Crippen LogP contribution in [0.25, 0.3) is 0 Å². The summed E-state index contributed by atoms with van der Waals surface area (Å²) in [4.78, 5) is 23.4. The Balaban J connectivity index is 1.40. The summed E-state index contributed by atoms with van der Waals surface area (Å²) in [5.41, 5.74) is 1.05. The molecule has 1 aliphatic rings. The normalized spacial score (nSPS) is 14.1. The monoisotopic (exact) mass is 388 g/mol. The Kier molecular flexibility index (Phi) is 6.00. The molecular weight excluding hydrogens is 364 g/mol. The van der Waals surface area contributed by atoms with Gasteiger partial charge in [0.2, 0.25) is 0 Å². The molecule has 0 atom stereocenters. The number of hydrogen-bond acceptors (Lipinski definition) is 5. The van der Waals surface area contributed by atoms with Crippen molar-refractivity contribution < 1.29 is 9.53 Å². The molecule has 2 aromatic carbocycles. The summed E-state index contributed by atoms with van der Waals surface area (Å²) >= 11 is 0. The molecule has 1 aliphatic heterocycles. The number of para-hydroxylation sites is 1. The van der Waals surface area contributed by atoms with Crippen LogP contribution in [0.3, 0.4) is 0 Å². The number of anilines is 2. The fourth-order valence-electron chi connectivity index (χ4n) is 3.37. The topological polar surface area (TPSA) is 67.3 Å². The van der Waals surface area contributed by atoms with Gasteiger partial charge in [0.1, 0.15) is 29.3 Å². The zero-order valence-electron chi connectivity index (χ0n) is 16.3. The van der Waals surface area contributed by atoms with Gasteiger partial charge in [0.15, 0.2) is 0 Å². The maximum atomic E-state index is 12.6. The maximum Gasteiger partial charge on any atom is 0.274 e. The lowest BCUT2D eigenvalue weighted by Crippen LogP contribution is -2.25. The fraction of sp³-hybridized carbons (Fsp3) is 0.261. The first-order chi connectivity index (χ1) is 14.3. The first-order valence-electron chi connectivity index (χ1n) is 9.99. The molecule has 0 unspecified atom stereocenters. The van der Waals surface area contributed by atoms with Crippen LogP contribution in [-0.2, 0) is 0 Å². The fourth-order valence-corrected chi connectivity index (χ4v) is 3.37. The zero-order chi connectivity index (χ0) is 19.9. The minimum Gasteiger partial charge on any atom is -0.457 e. The predicted octanol–water partition coefficient (Wildman–Crippen LogP) is 4.90. The number of amides is 1. The smallest absolute Gasteiger partial charge is 0.274 e. The van der Waals surface area contributed by atoms with E-state index in [-0.39, 0.29) is 5.91 Å². The van der Waals surface area contributed by atoms with E-state index in [4.69, 9.17) is 4.74 Å². The molecule has 0 aliphatic carbocycles. The summed E-state index contributed by atoms with van der Waals surface area (Å²) in [6.45, 7) is 1.95. The summed E-state index contributed by atoms with van der Waals surface area (Å²) in [5.74, 6) is 2.05. The summed E-state index contributed by atoms with van der Waals surface area (Å²) in [5, 5.41) is 2.89. The molecule has 1 aromatic heterocycles. The van der Waals surface area contributed by atoms with E-state index in [0.29, 0.717) is 17.1 Å². The number of carbonyl (C=O) groups is 1. The lowest BCUT2D eigenvalue weighted by molar-refractivity contribution is 0.102. The van der Waals surface area contributed by atoms with Crippen LogP contribution in [0.15, 0.2) is 67.0 Å². The number of hydrogen-bond donors (Lipinski definition) is 1. The Bertz CT molecular complexity index is 937. The van der Waals surface area contributed by atoms with Crippen LogP contribution < -0.4 is 15.0 Å². The Morgan fingerprint density at radius 2 is 1.55 bits per heavy atom. The minimum absolute atomic E-state index is 0.250. The second-order valence-corrected chi connectivity index (χ2v) is 7.06. The highest BCUT2D eigenvalue weighted by molar-refractivity contribution is 6.03. The van der Waals surface area contributed by atoms with Gasteiger partial charge >= 0.3 is 0 Å². The van der Waals surface area contributed by atoms with Crippen LogP contribution in [0.2, 0.25) is 0 Å². The standard InChI is InChI=1S/C23H24N4O2/c28-23(21-16-22(25-17-24-21)27-14-6-1-2-7-15-27)26-18-10-12-20(13-11-18)29-19-8-4-3-5-9-19/h3-5,8-13,16-17H,1-2,6-7,14-15H2,(H,26,28). The molecule has 0 radical (unpaired) electrons. The molecule has 1 saturated heterocycles. The number of benzene rings is 2. The number of nitrogens with one attached hydrogen (secondary N) is 1. The van der Waals surface area contributed by atoms with E-state index in [1.54, 1.807) is 6.07 Å². The molecule has 0 spiro atoms. The molecule has 4 rings (SSSR count). The molecule has 3 aromatic rings. The number of ether oxygens (including phenoxy) is 1. The van der Waals surface area contributed by atoms with Gasteiger partial charge in [-0.3, -0.25) is 4.79 Å². The third-order valence-electron chi connectivity index (χ3n) is 4.91. The summed E-state index contributed by atoms with van der Waals surface area (Å²) in [7, 11) is 0. The second kappa shape index (κ2) is 9.19. The van der Waals surface area contributed by atoms with E-state index in [9.17, 15) is 4.79 Å². The molecule has 6 nitrogen and oxygen atoms in total. The summed E-state index contributed by atoms with van der Waals surface area (Å²) < 4.78 is 5.78. The van der Waals surface area contributed by atoms with E-state index in [0.717, 1.165) is 37.5 Å². The molecule has 0 bridgehead atoms. The van der Waals surface area contributed by atoms with Crippen LogP contribution in [0.5, 0.6) is 11.5 Å². The first-order valence-corrected chi connectivity index (χ1v) is 9.99. The molecule has 148 valence electrons. The lowest BCUT2D eigenvalue weighted by atomic mass is 10.2. The molecule has 1 N–H and O–H groups in total. The largest absolute Gasteiger partial charge is 0.457 e. The Morgan fingerprint density at radius 3 is 2.28 bits per heavy atom. The van der Waals surface area contributed by atoms with E-state index >= 15 is 0 Å². The number of rotatable bonds is 5.